The highest BCUT2D eigenvalue weighted by Crippen LogP contribution is 2.11. The van der Waals surface area contributed by atoms with E-state index < -0.39 is 21.9 Å². The molecule has 0 fully saturated rings. The summed E-state index contributed by atoms with van der Waals surface area (Å²) < 4.78 is 29.8. The van der Waals surface area contributed by atoms with Crippen molar-refractivity contribution in [2.24, 2.45) is 0 Å². The van der Waals surface area contributed by atoms with Gasteiger partial charge in [-0.15, -0.1) is 0 Å². The van der Waals surface area contributed by atoms with Crippen LogP contribution < -0.4 is 10.0 Å². The van der Waals surface area contributed by atoms with E-state index >= 15 is 0 Å². The number of anilines is 1. The average molecular weight is 362 g/mol. The third-order valence-electron chi connectivity index (χ3n) is 3.06. The monoisotopic (exact) mass is 362 g/mol. The number of carbonyl (C=O) groups is 2. The van der Waals surface area contributed by atoms with Gasteiger partial charge < -0.3 is 10.1 Å². The van der Waals surface area contributed by atoms with Gasteiger partial charge in [-0.05, 0) is 23.8 Å². The normalized spacial score (nSPS) is 10.8. The number of esters is 1. The van der Waals surface area contributed by atoms with Crippen molar-refractivity contribution in [2.45, 2.75) is 6.61 Å². The van der Waals surface area contributed by atoms with E-state index in [0.29, 0.717) is 0 Å². The molecule has 0 aliphatic heterocycles. The average Bonchev–Trinajstić information content (AvgIpc) is 2.57. The number of hydrogen-bond donors (Lipinski definition) is 2. The lowest BCUT2D eigenvalue weighted by Crippen LogP contribution is -2.30. The van der Waals surface area contributed by atoms with E-state index in [2.05, 4.69) is 10.0 Å². The highest BCUT2D eigenvalue weighted by molar-refractivity contribution is 7.92. The molecule has 0 radical (unpaired) electrons. The first kappa shape index (κ1) is 18.5. The zero-order valence-corrected chi connectivity index (χ0v) is 14.4. The third-order valence-corrected chi connectivity index (χ3v) is 3.67. The molecular formula is C17H18N2O5S. The Morgan fingerprint density at radius 1 is 1.04 bits per heavy atom. The zero-order chi connectivity index (χ0) is 18.3. The van der Waals surface area contributed by atoms with Crippen LogP contribution in [0.15, 0.2) is 54.6 Å². The van der Waals surface area contributed by atoms with E-state index in [1.54, 1.807) is 0 Å². The zero-order valence-electron chi connectivity index (χ0n) is 13.6. The number of sulfonamides is 1. The molecule has 0 saturated heterocycles. The molecule has 0 aliphatic rings. The van der Waals surface area contributed by atoms with Crippen LogP contribution in [0, 0.1) is 0 Å². The first-order chi connectivity index (χ1) is 11.8. The fourth-order valence-electron chi connectivity index (χ4n) is 1.98. The second-order valence-electron chi connectivity index (χ2n) is 5.28. The van der Waals surface area contributed by atoms with Crippen LogP contribution in [-0.2, 0) is 26.2 Å². The van der Waals surface area contributed by atoms with Crippen LogP contribution in [0.2, 0.25) is 0 Å². The van der Waals surface area contributed by atoms with Crippen LogP contribution in [0.1, 0.15) is 15.9 Å². The summed E-state index contributed by atoms with van der Waals surface area (Å²) in [6.45, 7) is -0.154. The Morgan fingerprint density at radius 3 is 2.44 bits per heavy atom. The summed E-state index contributed by atoms with van der Waals surface area (Å²) >= 11 is 0. The largest absolute Gasteiger partial charge is 0.460 e. The molecule has 2 aromatic rings. The molecule has 0 bridgehead atoms. The topological polar surface area (TPSA) is 102 Å². The molecule has 132 valence electrons. The Balaban J connectivity index is 1.85. The van der Waals surface area contributed by atoms with Gasteiger partial charge in [0.15, 0.2) is 0 Å². The standard InChI is InChI=1S/C17H18N2O5S/c1-25(22,23)19-15-9-5-8-14(10-15)17(21)18-11-16(20)24-12-13-6-3-2-4-7-13/h2-10,19H,11-12H2,1H3,(H,18,21). The van der Waals surface area contributed by atoms with Gasteiger partial charge in [0.05, 0.1) is 6.26 Å². The van der Waals surface area contributed by atoms with E-state index in [9.17, 15) is 18.0 Å². The lowest BCUT2D eigenvalue weighted by Gasteiger charge is -2.08. The van der Waals surface area contributed by atoms with E-state index in [1.807, 2.05) is 30.3 Å². The summed E-state index contributed by atoms with van der Waals surface area (Å²) in [5.74, 6) is -1.07. The number of hydrogen-bond acceptors (Lipinski definition) is 5. The van der Waals surface area contributed by atoms with Crippen molar-refractivity contribution >= 4 is 27.6 Å². The van der Waals surface area contributed by atoms with Crippen LogP contribution >= 0.6 is 0 Å². The van der Waals surface area contributed by atoms with Gasteiger partial charge >= 0.3 is 5.97 Å². The molecule has 7 nitrogen and oxygen atoms in total. The van der Waals surface area contributed by atoms with Crippen LogP contribution in [-0.4, -0.2) is 33.1 Å². The minimum atomic E-state index is -3.43. The number of nitrogens with one attached hydrogen (secondary N) is 2. The van der Waals surface area contributed by atoms with Crippen molar-refractivity contribution in [3.63, 3.8) is 0 Å². The molecule has 0 aliphatic carbocycles. The SMILES string of the molecule is CS(=O)(=O)Nc1cccc(C(=O)NCC(=O)OCc2ccccc2)c1. The van der Waals surface area contributed by atoms with Crippen molar-refractivity contribution in [1.29, 1.82) is 0 Å². The van der Waals surface area contributed by atoms with Gasteiger partial charge in [0.1, 0.15) is 13.2 Å². The first-order valence-corrected chi connectivity index (χ1v) is 9.28. The molecule has 1 amide bonds. The van der Waals surface area contributed by atoms with E-state index in [4.69, 9.17) is 4.74 Å². The Bertz CT molecular complexity index is 850. The molecular weight excluding hydrogens is 344 g/mol. The van der Waals surface area contributed by atoms with Crippen LogP contribution in [0.3, 0.4) is 0 Å². The molecule has 0 aromatic heterocycles. The van der Waals surface area contributed by atoms with Gasteiger partial charge in [-0.1, -0.05) is 36.4 Å². The Hall–Kier alpha value is -2.87. The van der Waals surface area contributed by atoms with Crippen molar-refractivity contribution in [3.8, 4) is 0 Å². The molecule has 0 unspecified atom stereocenters. The minimum absolute atomic E-state index is 0.128. The minimum Gasteiger partial charge on any atom is -0.460 e. The summed E-state index contributed by atoms with van der Waals surface area (Å²) in [5.41, 5.74) is 1.34. The van der Waals surface area contributed by atoms with Crippen LogP contribution in [0.5, 0.6) is 0 Å². The fraction of sp³-hybridized carbons (Fsp3) is 0.176. The number of rotatable bonds is 7. The second kappa shape index (κ2) is 8.29. The molecule has 0 spiro atoms. The van der Waals surface area contributed by atoms with Crippen molar-refractivity contribution in [1.82, 2.24) is 5.32 Å². The van der Waals surface area contributed by atoms with E-state index in [1.165, 1.54) is 24.3 Å². The lowest BCUT2D eigenvalue weighted by molar-refractivity contribution is -0.143. The van der Waals surface area contributed by atoms with Gasteiger partial charge in [0.2, 0.25) is 10.0 Å². The maximum atomic E-state index is 12.0. The summed E-state index contributed by atoms with van der Waals surface area (Å²) in [5, 5.41) is 2.43. The predicted octanol–water partition coefficient (Wildman–Crippen LogP) is 1.53. The number of ether oxygens (including phenoxy) is 1. The molecule has 0 saturated carbocycles. The van der Waals surface area contributed by atoms with Gasteiger partial charge in [-0.2, -0.15) is 0 Å². The predicted molar refractivity (Wildman–Crippen MR) is 93.5 cm³/mol. The van der Waals surface area contributed by atoms with Crippen LogP contribution in [0.25, 0.3) is 0 Å². The Kier molecular flexibility index (Phi) is 6.13. The summed E-state index contributed by atoms with van der Waals surface area (Å²) in [6.07, 6.45) is 1.02. The Labute approximate surface area is 146 Å². The third kappa shape index (κ3) is 6.64. The first-order valence-electron chi connectivity index (χ1n) is 7.39. The molecule has 2 rings (SSSR count). The lowest BCUT2D eigenvalue weighted by atomic mass is 10.2. The molecule has 0 heterocycles. The summed E-state index contributed by atoms with van der Waals surface area (Å²) in [4.78, 5) is 23.7. The van der Waals surface area contributed by atoms with Gasteiger partial charge in [-0.3, -0.25) is 14.3 Å². The highest BCUT2D eigenvalue weighted by Gasteiger charge is 2.10. The van der Waals surface area contributed by atoms with E-state index in [0.717, 1.165) is 11.8 Å². The number of benzene rings is 2. The smallest absolute Gasteiger partial charge is 0.325 e. The molecule has 2 N–H and O–H groups in total. The van der Waals surface area contributed by atoms with Crippen LogP contribution in [0.4, 0.5) is 5.69 Å². The second-order valence-corrected chi connectivity index (χ2v) is 7.03. The van der Waals surface area contributed by atoms with E-state index in [-0.39, 0.29) is 24.4 Å². The van der Waals surface area contributed by atoms with Crippen molar-refractivity contribution in [2.75, 3.05) is 17.5 Å². The maximum absolute atomic E-state index is 12.0. The number of carbonyl (C=O) groups excluding carboxylic acids is 2. The van der Waals surface area contributed by atoms with Crippen molar-refractivity contribution in [3.05, 3.63) is 65.7 Å². The number of amides is 1. The maximum Gasteiger partial charge on any atom is 0.325 e. The van der Waals surface area contributed by atoms with Crippen molar-refractivity contribution < 1.29 is 22.7 Å². The molecule has 0 atom stereocenters. The summed E-state index contributed by atoms with van der Waals surface area (Å²) in [6, 6.07) is 15.1. The molecule has 25 heavy (non-hydrogen) atoms. The Morgan fingerprint density at radius 2 is 1.76 bits per heavy atom. The van der Waals surface area contributed by atoms with Gasteiger partial charge in [-0.25, -0.2) is 8.42 Å². The fourth-order valence-corrected chi connectivity index (χ4v) is 2.54. The molecule has 2 aromatic carbocycles. The van der Waals surface area contributed by atoms with Gasteiger partial charge in [0, 0.05) is 11.3 Å². The molecule has 8 heteroatoms. The van der Waals surface area contributed by atoms with Gasteiger partial charge in [0.25, 0.3) is 5.91 Å². The quantitative estimate of drug-likeness (QED) is 0.728. The highest BCUT2D eigenvalue weighted by atomic mass is 32.2. The summed E-state index contributed by atoms with van der Waals surface area (Å²) in [7, 11) is -3.43.